The standard InChI is InChI=1S/C16H27N3O/c1-13(9-16-12-20-8-7-17-16)18-15-6-4-5-14(10-15)11-19(2)3/h4-6,10,13,16-18H,7-9,11-12H2,1-3H3. The van der Waals surface area contributed by atoms with Gasteiger partial charge in [0.25, 0.3) is 0 Å². The SMILES string of the molecule is CC(CC1COCCN1)Nc1cccc(CN(C)C)c1. The lowest BCUT2D eigenvalue weighted by Gasteiger charge is -2.27. The number of nitrogens with one attached hydrogen (secondary N) is 2. The van der Waals surface area contributed by atoms with E-state index in [2.05, 4.69) is 60.8 Å². The quantitative estimate of drug-likeness (QED) is 0.833. The van der Waals surface area contributed by atoms with E-state index in [0.29, 0.717) is 12.1 Å². The number of morpholine rings is 1. The summed E-state index contributed by atoms with van der Waals surface area (Å²) in [5, 5.41) is 7.09. The highest BCUT2D eigenvalue weighted by molar-refractivity contribution is 5.46. The molecular weight excluding hydrogens is 250 g/mol. The van der Waals surface area contributed by atoms with Gasteiger partial charge in [0, 0.05) is 30.9 Å². The molecule has 4 heteroatoms. The number of hydrogen-bond acceptors (Lipinski definition) is 4. The summed E-state index contributed by atoms with van der Waals surface area (Å²) in [5.74, 6) is 0. The van der Waals surface area contributed by atoms with Crippen LogP contribution in [0.5, 0.6) is 0 Å². The van der Waals surface area contributed by atoms with Crippen LogP contribution in [0.4, 0.5) is 5.69 Å². The van der Waals surface area contributed by atoms with Gasteiger partial charge in [0.2, 0.25) is 0 Å². The first-order valence-corrected chi connectivity index (χ1v) is 7.45. The molecule has 0 saturated carbocycles. The van der Waals surface area contributed by atoms with Crippen molar-refractivity contribution in [2.24, 2.45) is 0 Å². The van der Waals surface area contributed by atoms with Crippen molar-refractivity contribution in [2.75, 3.05) is 39.2 Å². The van der Waals surface area contributed by atoms with Crippen LogP contribution in [-0.2, 0) is 11.3 Å². The summed E-state index contributed by atoms with van der Waals surface area (Å²) >= 11 is 0. The van der Waals surface area contributed by atoms with E-state index in [1.165, 1.54) is 11.3 Å². The number of anilines is 1. The van der Waals surface area contributed by atoms with E-state index in [4.69, 9.17) is 4.74 Å². The topological polar surface area (TPSA) is 36.5 Å². The van der Waals surface area contributed by atoms with Crippen LogP contribution in [-0.4, -0.2) is 50.8 Å². The Morgan fingerprint density at radius 3 is 3.00 bits per heavy atom. The maximum absolute atomic E-state index is 5.50. The summed E-state index contributed by atoms with van der Waals surface area (Å²) in [7, 11) is 4.19. The predicted molar refractivity (Wildman–Crippen MR) is 84.1 cm³/mol. The molecule has 4 nitrogen and oxygen atoms in total. The van der Waals surface area contributed by atoms with Gasteiger partial charge in [-0.2, -0.15) is 0 Å². The van der Waals surface area contributed by atoms with Gasteiger partial charge in [-0.25, -0.2) is 0 Å². The van der Waals surface area contributed by atoms with Gasteiger partial charge < -0.3 is 20.3 Å². The fourth-order valence-corrected chi connectivity index (χ4v) is 2.67. The second-order valence-corrected chi connectivity index (χ2v) is 5.95. The number of rotatable bonds is 6. The van der Waals surface area contributed by atoms with Gasteiger partial charge in [0.1, 0.15) is 0 Å². The molecule has 1 heterocycles. The molecule has 2 unspecified atom stereocenters. The fraction of sp³-hybridized carbons (Fsp3) is 0.625. The Kier molecular flexibility index (Phi) is 5.83. The largest absolute Gasteiger partial charge is 0.383 e. The van der Waals surface area contributed by atoms with Crippen molar-refractivity contribution in [3.63, 3.8) is 0 Å². The Bertz CT molecular complexity index is 402. The molecule has 112 valence electrons. The minimum absolute atomic E-state index is 0.434. The van der Waals surface area contributed by atoms with Crippen molar-refractivity contribution >= 4 is 5.69 Å². The molecule has 0 amide bonds. The van der Waals surface area contributed by atoms with E-state index in [1.54, 1.807) is 0 Å². The van der Waals surface area contributed by atoms with Gasteiger partial charge in [-0.15, -0.1) is 0 Å². The van der Waals surface area contributed by atoms with Crippen molar-refractivity contribution in [1.29, 1.82) is 0 Å². The molecule has 2 N–H and O–H groups in total. The maximum atomic E-state index is 5.50. The van der Waals surface area contributed by atoms with Gasteiger partial charge >= 0.3 is 0 Å². The van der Waals surface area contributed by atoms with Gasteiger partial charge in [-0.1, -0.05) is 12.1 Å². The lowest BCUT2D eigenvalue weighted by Crippen LogP contribution is -2.43. The van der Waals surface area contributed by atoms with Crippen LogP contribution in [0.1, 0.15) is 18.9 Å². The molecule has 1 aromatic rings. The molecule has 1 aliphatic heterocycles. The van der Waals surface area contributed by atoms with Gasteiger partial charge in [0.05, 0.1) is 13.2 Å². The summed E-state index contributed by atoms with van der Waals surface area (Å²) in [6.45, 7) is 5.84. The molecule has 0 bridgehead atoms. The minimum Gasteiger partial charge on any atom is -0.383 e. The zero-order chi connectivity index (χ0) is 14.4. The zero-order valence-electron chi connectivity index (χ0n) is 12.9. The third-order valence-electron chi connectivity index (χ3n) is 3.48. The number of benzene rings is 1. The molecule has 0 radical (unpaired) electrons. The average molecular weight is 277 g/mol. The highest BCUT2D eigenvalue weighted by Crippen LogP contribution is 2.15. The Labute approximate surface area is 122 Å². The van der Waals surface area contributed by atoms with Crippen LogP contribution in [0.3, 0.4) is 0 Å². The lowest BCUT2D eigenvalue weighted by atomic mass is 10.1. The van der Waals surface area contributed by atoms with E-state index in [9.17, 15) is 0 Å². The molecule has 20 heavy (non-hydrogen) atoms. The summed E-state index contributed by atoms with van der Waals surface area (Å²) in [6.07, 6.45) is 1.08. The Balaban J connectivity index is 1.85. The van der Waals surface area contributed by atoms with E-state index in [1.807, 2.05) is 0 Å². The normalized spacial score (nSPS) is 20.9. The van der Waals surface area contributed by atoms with Crippen molar-refractivity contribution in [1.82, 2.24) is 10.2 Å². The second kappa shape index (κ2) is 7.62. The van der Waals surface area contributed by atoms with Gasteiger partial charge in [0.15, 0.2) is 0 Å². The number of ether oxygens (including phenoxy) is 1. The minimum atomic E-state index is 0.434. The summed E-state index contributed by atoms with van der Waals surface area (Å²) < 4.78 is 5.50. The van der Waals surface area contributed by atoms with Crippen LogP contribution in [0.2, 0.25) is 0 Å². The Morgan fingerprint density at radius 1 is 1.45 bits per heavy atom. The number of nitrogens with zero attached hydrogens (tertiary/aromatic N) is 1. The van der Waals surface area contributed by atoms with Crippen molar-refractivity contribution in [3.05, 3.63) is 29.8 Å². The Hall–Kier alpha value is -1.10. The Morgan fingerprint density at radius 2 is 2.30 bits per heavy atom. The smallest absolute Gasteiger partial charge is 0.0621 e. The molecular formula is C16H27N3O. The molecule has 1 aromatic carbocycles. The highest BCUT2D eigenvalue weighted by atomic mass is 16.5. The van der Waals surface area contributed by atoms with Crippen LogP contribution in [0.15, 0.2) is 24.3 Å². The summed E-state index contributed by atoms with van der Waals surface area (Å²) in [5.41, 5.74) is 2.54. The van der Waals surface area contributed by atoms with Crippen LogP contribution >= 0.6 is 0 Å². The molecule has 1 fully saturated rings. The first kappa shape index (κ1) is 15.3. The van der Waals surface area contributed by atoms with Crippen LogP contribution in [0.25, 0.3) is 0 Å². The molecule has 0 aliphatic carbocycles. The monoisotopic (exact) mass is 277 g/mol. The fourth-order valence-electron chi connectivity index (χ4n) is 2.67. The molecule has 1 saturated heterocycles. The zero-order valence-corrected chi connectivity index (χ0v) is 12.9. The van der Waals surface area contributed by atoms with E-state index in [-0.39, 0.29) is 0 Å². The lowest BCUT2D eigenvalue weighted by molar-refractivity contribution is 0.0731. The third kappa shape index (κ3) is 5.12. The van der Waals surface area contributed by atoms with Crippen molar-refractivity contribution < 1.29 is 4.74 Å². The molecule has 2 atom stereocenters. The molecule has 2 rings (SSSR count). The van der Waals surface area contributed by atoms with Crippen LogP contribution in [0, 0.1) is 0 Å². The first-order chi connectivity index (χ1) is 9.63. The number of hydrogen-bond donors (Lipinski definition) is 2. The van der Waals surface area contributed by atoms with Gasteiger partial charge in [-0.3, -0.25) is 0 Å². The third-order valence-corrected chi connectivity index (χ3v) is 3.48. The van der Waals surface area contributed by atoms with Gasteiger partial charge in [-0.05, 0) is 45.1 Å². The summed E-state index contributed by atoms with van der Waals surface area (Å²) in [6, 6.07) is 9.57. The highest BCUT2D eigenvalue weighted by Gasteiger charge is 2.16. The first-order valence-electron chi connectivity index (χ1n) is 7.45. The van der Waals surface area contributed by atoms with Crippen molar-refractivity contribution in [2.45, 2.75) is 32.0 Å². The maximum Gasteiger partial charge on any atom is 0.0621 e. The van der Waals surface area contributed by atoms with E-state index in [0.717, 1.165) is 32.7 Å². The van der Waals surface area contributed by atoms with E-state index < -0.39 is 0 Å². The molecule has 0 aromatic heterocycles. The second-order valence-electron chi connectivity index (χ2n) is 5.95. The van der Waals surface area contributed by atoms with Crippen LogP contribution < -0.4 is 10.6 Å². The van der Waals surface area contributed by atoms with E-state index >= 15 is 0 Å². The molecule has 0 spiro atoms. The summed E-state index contributed by atoms with van der Waals surface area (Å²) in [4.78, 5) is 2.19. The van der Waals surface area contributed by atoms with Crippen molar-refractivity contribution in [3.8, 4) is 0 Å². The average Bonchev–Trinajstić information content (AvgIpc) is 2.39. The molecule has 1 aliphatic rings. The predicted octanol–water partition coefficient (Wildman–Crippen LogP) is 1.93.